The van der Waals surface area contributed by atoms with Crippen LogP contribution in [0.15, 0.2) is 5.11 Å². The number of halogens is 2. The van der Waals surface area contributed by atoms with Crippen molar-refractivity contribution >= 4 is 5.97 Å². The summed E-state index contributed by atoms with van der Waals surface area (Å²) in [5, 5.41) is 39.6. The molecule has 0 aromatic rings. The lowest BCUT2D eigenvalue weighted by molar-refractivity contribution is -0.282. The van der Waals surface area contributed by atoms with Crippen molar-refractivity contribution in [3.05, 3.63) is 10.4 Å². The lowest BCUT2D eigenvalue weighted by atomic mass is 9.82. The van der Waals surface area contributed by atoms with E-state index in [0.717, 1.165) is 0 Å². The van der Waals surface area contributed by atoms with Gasteiger partial charge in [-0.1, -0.05) is 12.0 Å². The highest BCUT2D eigenvalue weighted by Gasteiger charge is 2.61. The zero-order valence-corrected chi connectivity index (χ0v) is 10.9. The summed E-state index contributed by atoms with van der Waals surface area (Å²) in [7, 11) is 0. The van der Waals surface area contributed by atoms with Gasteiger partial charge in [0.05, 0.1) is 18.8 Å². The SMILES string of the molecule is CC1C(N=[N+]=[N-])C(F)C(F)(C(=O)O)OC1C(O)[C@H](O)CO. The van der Waals surface area contributed by atoms with E-state index in [4.69, 9.17) is 15.7 Å². The fourth-order valence-electron chi connectivity index (χ4n) is 2.15. The van der Waals surface area contributed by atoms with Crippen LogP contribution in [0.2, 0.25) is 0 Å². The predicted molar refractivity (Wildman–Crippen MR) is 62.4 cm³/mol. The topological polar surface area (TPSA) is 156 Å². The van der Waals surface area contributed by atoms with E-state index in [1.54, 1.807) is 0 Å². The summed E-state index contributed by atoms with van der Waals surface area (Å²) in [5.74, 6) is -7.28. The van der Waals surface area contributed by atoms with E-state index >= 15 is 0 Å². The van der Waals surface area contributed by atoms with Gasteiger partial charge in [-0.2, -0.15) is 4.39 Å². The van der Waals surface area contributed by atoms with Crippen molar-refractivity contribution in [3.8, 4) is 0 Å². The molecule has 6 unspecified atom stereocenters. The fourth-order valence-corrected chi connectivity index (χ4v) is 2.15. The number of aliphatic carboxylic acids is 1. The first kappa shape index (κ1) is 17.5. The number of carboxylic acids is 1. The van der Waals surface area contributed by atoms with Gasteiger partial charge < -0.3 is 25.2 Å². The maximum absolute atomic E-state index is 14.2. The molecule has 1 aliphatic rings. The van der Waals surface area contributed by atoms with Gasteiger partial charge in [-0.3, -0.25) is 0 Å². The van der Waals surface area contributed by atoms with Crippen molar-refractivity contribution in [1.82, 2.24) is 0 Å². The molecule has 7 atom stereocenters. The lowest BCUT2D eigenvalue weighted by Crippen LogP contribution is -2.64. The number of nitrogens with zero attached hydrogens (tertiary/aromatic N) is 3. The van der Waals surface area contributed by atoms with Gasteiger partial charge in [0.25, 0.3) is 0 Å². The van der Waals surface area contributed by atoms with Gasteiger partial charge in [-0.25, -0.2) is 9.18 Å². The van der Waals surface area contributed by atoms with Crippen molar-refractivity contribution in [3.63, 3.8) is 0 Å². The first-order chi connectivity index (χ1) is 9.70. The molecule has 21 heavy (non-hydrogen) atoms. The molecule has 0 amide bonds. The number of hydrogen-bond donors (Lipinski definition) is 4. The van der Waals surface area contributed by atoms with Gasteiger partial charge in [0.2, 0.25) is 0 Å². The van der Waals surface area contributed by atoms with E-state index in [9.17, 15) is 23.8 Å². The van der Waals surface area contributed by atoms with Crippen LogP contribution in [0.4, 0.5) is 8.78 Å². The zero-order chi connectivity index (χ0) is 16.4. The third-order valence-electron chi connectivity index (χ3n) is 3.41. The molecule has 1 heterocycles. The molecule has 0 bridgehead atoms. The Morgan fingerprint density at radius 1 is 1.57 bits per heavy atom. The highest BCUT2D eigenvalue weighted by molar-refractivity contribution is 5.76. The molecule has 0 aliphatic carbocycles. The number of carboxylic acid groups (broad SMARTS) is 1. The summed E-state index contributed by atoms with van der Waals surface area (Å²) < 4.78 is 32.6. The predicted octanol–water partition coefficient (Wildman–Crippen LogP) is -0.497. The van der Waals surface area contributed by atoms with Gasteiger partial charge in [0.1, 0.15) is 12.2 Å². The molecule has 4 N–H and O–H groups in total. The number of ether oxygens (including phenoxy) is 1. The van der Waals surface area contributed by atoms with Gasteiger partial charge in [0, 0.05) is 4.91 Å². The maximum atomic E-state index is 14.2. The highest BCUT2D eigenvalue weighted by Crippen LogP contribution is 2.40. The molecule has 0 aromatic heterocycles. The summed E-state index contributed by atoms with van der Waals surface area (Å²) in [5.41, 5.74) is 8.37. The molecule has 11 heteroatoms. The second-order valence-electron chi connectivity index (χ2n) is 4.73. The Morgan fingerprint density at radius 2 is 2.14 bits per heavy atom. The Balaban J connectivity index is 3.21. The number of alkyl halides is 2. The van der Waals surface area contributed by atoms with Crippen LogP contribution < -0.4 is 0 Å². The van der Waals surface area contributed by atoms with E-state index in [2.05, 4.69) is 14.8 Å². The lowest BCUT2D eigenvalue weighted by Gasteiger charge is -2.44. The van der Waals surface area contributed by atoms with E-state index in [1.165, 1.54) is 6.92 Å². The molecule has 120 valence electrons. The molecular formula is C10H15F2N3O6. The summed E-state index contributed by atoms with van der Waals surface area (Å²) in [4.78, 5) is 13.2. The monoisotopic (exact) mass is 311 g/mol. The molecule has 1 rings (SSSR count). The molecule has 0 spiro atoms. The van der Waals surface area contributed by atoms with Gasteiger partial charge in [-0.05, 0) is 11.4 Å². The van der Waals surface area contributed by atoms with Crippen LogP contribution in [-0.2, 0) is 9.53 Å². The minimum atomic E-state index is -3.84. The minimum Gasteiger partial charge on any atom is -0.477 e. The summed E-state index contributed by atoms with van der Waals surface area (Å²) in [6, 6.07) is -1.77. The van der Waals surface area contributed by atoms with Crippen LogP contribution in [0.1, 0.15) is 6.92 Å². The fraction of sp³-hybridized carbons (Fsp3) is 0.900. The number of hydrogen-bond acceptors (Lipinski definition) is 6. The Morgan fingerprint density at radius 3 is 2.57 bits per heavy atom. The van der Waals surface area contributed by atoms with Crippen molar-refractivity contribution < 1.29 is 38.7 Å². The molecule has 0 saturated carbocycles. The first-order valence-electron chi connectivity index (χ1n) is 5.96. The van der Waals surface area contributed by atoms with Crippen LogP contribution in [0.25, 0.3) is 10.4 Å². The largest absolute Gasteiger partial charge is 0.477 e. The maximum Gasteiger partial charge on any atom is 0.372 e. The smallest absolute Gasteiger partial charge is 0.372 e. The number of aliphatic hydroxyl groups excluding tert-OH is 3. The summed E-state index contributed by atoms with van der Waals surface area (Å²) in [6.07, 6.45) is -8.16. The molecule has 1 saturated heterocycles. The van der Waals surface area contributed by atoms with Crippen LogP contribution in [0.3, 0.4) is 0 Å². The third kappa shape index (κ3) is 3.06. The Hall–Kier alpha value is -1.52. The Labute approximate surface area is 117 Å². The second-order valence-corrected chi connectivity index (χ2v) is 4.73. The van der Waals surface area contributed by atoms with Gasteiger partial charge in [-0.15, -0.1) is 0 Å². The molecular weight excluding hydrogens is 296 g/mol. The number of rotatable bonds is 5. The van der Waals surface area contributed by atoms with Crippen LogP contribution in [0.5, 0.6) is 0 Å². The summed E-state index contributed by atoms with van der Waals surface area (Å²) in [6.45, 7) is 0.316. The van der Waals surface area contributed by atoms with E-state index < -0.39 is 54.9 Å². The Kier molecular flexibility index (Phi) is 5.42. The number of carbonyl (C=O) groups is 1. The van der Waals surface area contributed by atoms with Crippen LogP contribution in [0, 0.1) is 5.92 Å². The van der Waals surface area contributed by atoms with E-state index in [-0.39, 0.29) is 0 Å². The van der Waals surface area contributed by atoms with Gasteiger partial charge in [0.15, 0.2) is 6.17 Å². The standard InChI is InChI=1S/C10H15F2N3O6/c1-3-5(14-15-13)8(11)10(12,9(19)20)21-7(3)6(18)4(17)2-16/h3-8,16-18H,2H2,1H3,(H,19,20)/t3?,4-,5?,6?,7?,8?,10?/m1/s1. The molecule has 1 aliphatic heterocycles. The van der Waals surface area contributed by atoms with Crippen molar-refractivity contribution in [1.29, 1.82) is 0 Å². The first-order valence-corrected chi connectivity index (χ1v) is 5.96. The van der Waals surface area contributed by atoms with Gasteiger partial charge >= 0.3 is 11.8 Å². The van der Waals surface area contributed by atoms with Crippen molar-refractivity contribution in [2.24, 2.45) is 11.0 Å². The van der Waals surface area contributed by atoms with Crippen molar-refractivity contribution in [2.45, 2.75) is 43.3 Å². The molecule has 9 nitrogen and oxygen atoms in total. The minimum absolute atomic E-state index is 0.911. The van der Waals surface area contributed by atoms with E-state index in [0.29, 0.717) is 0 Å². The van der Waals surface area contributed by atoms with E-state index in [1.807, 2.05) is 0 Å². The molecule has 0 radical (unpaired) electrons. The normalized spacial score (nSPS) is 39.1. The average Bonchev–Trinajstić information content (AvgIpc) is 2.45. The zero-order valence-electron chi connectivity index (χ0n) is 10.9. The number of azide groups is 1. The molecule has 0 aromatic carbocycles. The van der Waals surface area contributed by atoms with Crippen LogP contribution >= 0.6 is 0 Å². The van der Waals surface area contributed by atoms with Crippen molar-refractivity contribution in [2.75, 3.05) is 6.61 Å². The quantitative estimate of drug-likeness (QED) is 0.305. The van der Waals surface area contributed by atoms with Crippen LogP contribution in [-0.4, -0.2) is 69.4 Å². The summed E-state index contributed by atoms with van der Waals surface area (Å²) >= 11 is 0. The average molecular weight is 311 g/mol. The third-order valence-corrected chi connectivity index (χ3v) is 3.41. The Bertz CT molecular complexity index is 449. The highest BCUT2D eigenvalue weighted by atomic mass is 19.2. The second kappa shape index (κ2) is 6.50. The number of aliphatic hydroxyl groups is 3. The molecule has 1 fully saturated rings.